The molecule has 0 radical (unpaired) electrons. The lowest BCUT2D eigenvalue weighted by atomic mass is 9.82. The van der Waals surface area contributed by atoms with E-state index in [4.69, 9.17) is 4.74 Å². The van der Waals surface area contributed by atoms with Crippen LogP contribution in [0.25, 0.3) is 6.20 Å². The summed E-state index contributed by atoms with van der Waals surface area (Å²) >= 11 is 0. The molecule has 1 aliphatic carbocycles. The largest absolute Gasteiger partial charge is 0.462 e. The number of rotatable bonds is 8. The molecule has 162 valence electrons. The molecule has 29 heavy (non-hydrogen) atoms. The Bertz CT molecular complexity index is 713. The number of hydrogen-bond donors (Lipinski definition) is 0. The molecule has 1 aliphatic rings. The number of ether oxygens (including phenoxy) is 1. The molecule has 0 N–H and O–H groups in total. The molecular weight excluding hydrogens is 366 g/mol. The zero-order valence-electron chi connectivity index (χ0n) is 18.9. The molecule has 0 aliphatic heterocycles. The summed E-state index contributed by atoms with van der Waals surface area (Å²) in [4.78, 5) is 27.7. The van der Waals surface area contributed by atoms with Crippen LogP contribution in [0.2, 0.25) is 0 Å². The highest BCUT2D eigenvalue weighted by Gasteiger charge is 2.34. The van der Waals surface area contributed by atoms with Gasteiger partial charge in [0.05, 0.1) is 6.61 Å². The van der Waals surface area contributed by atoms with Gasteiger partial charge < -0.3 is 4.74 Å². The molecule has 0 bridgehead atoms. The molecule has 1 aromatic heterocycles. The molecule has 1 heterocycles. The van der Waals surface area contributed by atoms with E-state index in [1.54, 1.807) is 22.7 Å². The summed E-state index contributed by atoms with van der Waals surface area (Å²) < 4.78 is 6.86. The molecule has 0 unspecified atom stereocenters. The van der Waals surface area contributed by atoms with Gasteiger partial charge in [-0.2, -0.15) is 0 Å². The Labute approximate surface area is 175 Å². The normalized spacial score (nSPS) is 19.9. The number of carbonyl (C=O) groups is 2. The molecule has 0 spiro atoms. The second kappa shape index (κ2) is 10.6. The Morgan fingerprint density at radius 2 is 1.90 bits per heavy atom. The van der Waals surface area contributed by atoms with Gasteiger partial charge in [-0.3, -0.25) is 9.69 Å². The Kier molecular flexibility index (Phi) is 8.47. The van der Waals surface area contributed by atoms with E-state index in [0.717, 1.165) is 32.1 Å². The van der Waals surface area contributed by atoms with Crippen LogP contribution in [0, 0.1) is 17.8 Å². The monoisotopic (exact) mass is 403 g/mol. The van der Waals surface area contributed by atoms with E-state index in [1.807, 2.05) is 26.1 Å². The lowest BCUT2D eigenvalue weighted by Gasteiger charge is -2.32. The fourth-order valence-electron chi connectivity index (χ4n) is 3.74. The van der Waals surface area contributed by atoms with Crippen molar-refractivity contribution in [3.8, 4) is 0 Å². The van der Waals surface area contributed by atoms with Crippen LogP contribution in [-0.4, -0.2) is 34.3 Å². The topological polar surface area (TPSA) is 64.4 Å². The molecule has 1 saturated carbocycles. The highest BCUT2D eigenvalue weighted by molar-refractivity contribution is 6.02. The first-order valence-electron chi connectivity index (χ1n) is 11.0. The summed E-state index contributed by atoms with van der Waals surface area (Å²) in [6, 6.07) is -0.0991. The molecule has 1 aromatic rings. The average Bonchev–Trinajstić information content (AvgIpc) is 3.05. The van der Waals surface area contributed by atoms with E-state index >= 15 is 0 Å². The van der Waals surface area contributed by atoms with Gasteiger partial charge in [-0.1, -0.05) is 26.8 Å². The Hall–Kier alpha value is -2.11. The number of nitrogens with zero attached hydrogens (tertiary/aromatic N) is 3. The van der Waals surface area contributed by atoms with E-state index in [-0.39, 0.29) is 24.5 Å². The van der Waals surface area contributed by atoms with Gasteiger partial charge in [-0.05, 0) is 64.7 Å². The Morgan fingerprint density at radius 1 is 1.24 bits per heavy atom. The minimum atomic E-state index is -0.443. The minimum Gasteiger partial charge on any atom is -0.462 e. The van der Waals surface area contributed by atoms with Crippen molar-refractivity contribution in [3.63, 3.8) is 0 Å². The first-order chi connectivity index (χ1) is 13.7. The number of aromatic nitrogens is 2. The van der Waals surface area contributed by atoms with Crippen LogP contribution in [0.1, 0.15) is 84.0 Å². The van der Waals surface area contributed by atoms with E-state index in [0.29, 0.717) is 23.2 Å². The third kappa shape index (κ3) is 6.18. The lowest BCUT2D eigenvalue weighted by molar-refractivity contribution is -0.123. The molecule has 0 saturated heterocycles. The standard InChI is InChI=1S/C23H37N3O3/c1-7-29-23(28)20-15-25(14-8-9-16(2)3)24-21(20)26(17(4)5)22(27)19-12-10-18(6)11-13-19/h8,14-19H,7,9-13H2,1-6H3/t18-,19-. The quantitative estimate of drug-likeness (QED) is 0.564. The van der Waals surface area contributed by atoms with Crippen LogP contribution in [0.5, 0.6) is 0 Å². The second-order valence-corrected chi connectivity index (χ2v) is 8.84. The summed E-state index contributed by atoms with van der Waals surface area (Å²) in [7, 11) is 0. The van der Waals surface area contributed by atoms with Gasteiger partial charge in [0.25, 0.3) is 0 Å². The van der Waals surface area contributed by atoms with Gasteiger partial charge >= 0.3 is 5.97 Å². The predicted octanol–water partition coefficient (Wildman–Crippen LogP) is 5.14. The lowest BCUT2D eigenvalue weighted by Crippen LogP contribution is -2.43. The summed E-state index contributed by atoms with van der Waals surface area (Å²) in [5, 5.41) is 4.60. The van der Waals surface area contributed by atoms with Crippen molar-refractivity contribution in [1.82, 2.24) is 9.78 Å². The number of carbonyl (C=O) groups excluding carboxylic acids is 2. The van der Waals surface area contributed by atoms with Gasteiger partial charge in [-0.25, -0.2) is 9.48 Å². The fraction of sp³-hybridized carbons (Fsp3) is 0.696. The summed E-state index contributed by atoms with van der Waals surface area (Å²) in [5.41, 5.74) is 0.340. The summed E-state index contributed by atoms with van der Waals surface area (Å²) in [5.74, 6) is 1.22. The predicted molar refractivity (Wildman–Crippen MR) is 117 cm³/mol. The van der Waals surface area contributed by atoms with Crippen molar-refractivity contribution >= 4 is 23.9 Å². The van der Waals surface area contributed by atoms with Gasteiger partial charge in [0.2, 0.25) is 5.91 Å². The Morgan fingerprint density at radius 3 is 2.45 bits per heavy atom. The number of hydrogen-bond acceptors (Lipinski definition) is 4. The van der Waals surface area contributed by atoms with E-state index in [9.17, 15) is 9.59 Å². The van der Waals surface area contributed by atoms with Gasteiger partial charge in [0, 0.05) is 24.4 Å². The fourth-order valence-corrected chi connectivity index (χ4v) is 3.74. The van der Waals surface area contributed by atoms with E-state index in [1.165, 1.54) is 0 Å². The van der Waals surface area contributed by atoms with Crippen LogP contribution in [0.3, 0.4) is 0 Å². The zero-order chi connectivity index (χ0) is 21.6. The van der Waals surface area contributed by atoms with Crippen LogP contribution in [0.15, 0.2) is 12.3 Å². The Balaban J connectivity index is 2.37. The highest BCUT2D eigenvalue weighted by Crippen LogP contribution is 2.32. The van der Waals surface area contributed by atoms with Crippen molar-refractivity contribution in [2.45, 2.75) is 79.7 Å². The summed E-state index contributed by atoms with van der Waals surface area (Å²) in [6.45, 7) is 12.5. The van der Waals surface area contributed by atoms with Crippen LogP contribution >= 0.6 is 0 Å². The number of allylic oxidation sites excluding steroid dienone is 1. The molecule has 0 atom stereocenters. The SMILES string of the molecule is CCOC(=O)c1cn(C=CCC(C)C)nc1N(C(=O)[C@H]1CC[C@H](C)CC1)C(C)C. The van der Waals surface area contributed by atoms with Crippen molar-refractivity contribution in [2.24, 2.45) is 17.8 Å². The van der Waals surface area contributed by atoms with Gasteiger partial charge in [0.15, 0.2) is 5.82 Å². The molecule has 1 amide bonds. The average molecular weight is 404 g/mol. The first-order valence-corrected chi connectivity index (χ1v) is 11.0. The van der Waals surface area contributed by atoms with E-state index in [2.05, 4.69) is 25.9 Å². The molecule has 2 rings (SSSR count). The maximum Gasteiger partial charge on any atom is 0.343 e. The number of esters is 1. The van der Waals surface area contributed by atoms with Gasteiger partial charge in [0.1, 0.15) is 5.56 Å². The maximum absolute atomic E-state index is 13.4. The minimum absolute atomic E-state index is 0.00900. The molecule has 0 aromatic carbocycles. The van der Waals surface area contributed by atoms with Gasteiger partial charge in [-0.15, -0.1) is 5.10 Å². The van der Waals surface area contributed by atoms with E-state index < -0.39 is 5.97 Å². The second-order valence-electron chi connectivity index (χ2n) is 8.84. The third-order valence-corrected chi connectivity index (χ3v) is 5.42. The van der Waals surface area contributed by atoms with Crippen LogP contribution < -0.4 is 4.90 Å². The van der Waals surface area contributed by atoms with Crippen LogP contribution in [-0.2, 0) is 9.53 Å². The molecular formula is C23H37N3O3. The molecule has 1 fully saturated rings. The van der Waals surface area contributed by atoms with Crippen LogP contribution in [0.4, 0.5) is 5.82 Å². The molecule has 6 nitrogen and oxygen atoms in total. The van der Waals surface area contributed by atoms with Crippen molar-refractivity contribution in [1.29, 1.82) is 0 Å². The van der Waals surface area contributed by atoms with Crippen molar-refractivity contribution in [2.75, 3.05) is 11.5 Å². The highest BCUT2D eigenvalue weighted by atomic mass is 16.5. The third-order valence-electron chi connectivity index (χ3n) is 5.42. The smallest absolute Gasteiger partial charge is 0.343 e. The van der Waals surface area contributed by atoms with Crippen molar-refractivity contribution < 1.29 is 14.3 Å². The number of anilines is 1. The number of amides is 1. The zero-order valence-corrected chi connectivity index (χ0v) is 18.9. The maximum atomic E-state index is 13.4. The molecule has 6 heteroatoms. The summed E-state index contributed by atoms with van der Waals surface area (Å²) in [6.07, 6.45) is 10.4. The first kappa shape index (κ1) is 23.2. The van der Waals surface area contributed by atoms with Crippen molar-refractivity contribution in [3.05, 3.63) is 17.8 Å².